The summed E-state index contributed by atoms with van der Waals surface area (Å²) in [5.74, 6) is 1.95. The lowest BCUT2D eigenvalue weighted by atomic mass is 9.88. The zero-order chi connectivity index (χ0) is 27.8. The number of benzene rings is 3. The molecule has 2 N–H and O–H groups in total. The molecule has 0 aliphatic carbocycles. The Hall–Kier alpha value is -4.58. The standard InChI is InChI=1S/C35H34N4O2/c1-40-24-10-12-26-28-14-16-36-32(34(28)38-30(26)20-24)18-23(9-8-22-6-4-3-5-7-22)19-33-35-29(15-17-37-33)27-13-11-25(41-2)21-31(27)39-35/h3-13,20-21,23,38-39H,14-19H2,1-2H3/b9-8+. The minimum atomic E-state index is 0.228. The highest BCUT2D eigenvalue weighted by Gasteiger charge is 2.25. The van der Waals surface area contributed by atoms with Crippen LogP contribution in [0.2, 0.25) is 0 Å². The van der Waals surface area contributed by atoms with E-state index < -0.39 is 0 Å². The summed E-state index contributed by atoms with van der Waals surface area (Å²) >= 11 is 0. The van der Waals surface area contributed by atoms with E-state index in [-0.39, 0.29) is 5.92 Å². The number of H-pyrrole nitrogens is 2. The third-order valence-electron chi connectivity index (χ3n) is 8.40. The molecule has 2 aliphatic heterocycles. The van der Waals surface area contributed by atoms with Gasteiger partial charge in [0.15, 0.2) is 0 Å². The topological polar surface area (TPSA) is 74.8 Å². The lowest BCUT2D eigenvalue weighted by molar-refractivity contribution is 0.415. The normalized spacial score (nSPS) is 14.8. The minimum Gasteiger partial charge on any atom is -0.497 e. The van der Waals surface area contributed by atoms with Gasteiger partial charge in [-0.1, -0.05) is 42.5 Å². The Bertz CT molecular complexity index is 1710. The molecule has 0 spiro atoms. The molecule has 5 aromatic rings. The van der Waals surface area contributed by atoms with Crippen molar-refractivity contribution in [1.29, 1.82) is 0 Å². The van der Waals surface area contributed by atoms with Gasteiger partial charge < -0.3 is 19.4 Å². The summed E-state index contributed by atoms with van der Waals surface area (Å²) in [6.07, 6.45) is 8.16. The number of methoxy groups -OCH3 is 2. The van der Waals surface area contributed by atoms with Crippen LogP contribution in [0, 0.1) is 5.92 Å². The van der Waals surface area contributed by atoms with Crippen molar-refractivity contribution in [1.82, 2.24) is 9.97 Å². The fraction of sp³-hybridized carbons (Fsp3) is 0.257. The molecule has 0 radical (unpaired) electrons. The van der Waals surface area contributed by atoms with Gasteiger partial charge in [-0.15, -0.1) is 0 Å². The number of aromatic amines is 2. The zero-order valence-corrected chi connectivity index (χ0v) is 23.5. The first-order chi connectivity index (χ1) is 20.2. The van der Waals surface area contributed by atoms with Gasteiger partial charge >= 0.3 is 0 Å². The maximum absolute atomic E-state index is 5.49. The molecular weight excluding hydrogens is 508 g/mol. The number of aromatic nitrogens is 2. The number of fused-ring (bicyclic) bond motifs is 6. The smallest absolute Gasteiger partial charge is 0.120 e. The van der Waals surface area contributed by atoms with E-state index in [4.69, 9.17) is 19.5 Å². The first kappa shape index (κ1) is 25.4. The van der Waals surface area contributed by atoms with Crippen molar-refractivity contribution in [3.63, 3.8) is 0 Å². The first-order valence-corrected chi connectivity index (χ1v) is 14.4. The van der Waals surface area contributed by atoms with E-state index in [1.54, 1.807) is 14.2 Å². The Morgan fingerprint density at radius 1 is 0.732 bits per heavy atom. The van der Waals surface area contributed by atoms with Crippen molar-refractivity contribution in [3.8, 4) is 11.5 Å². The molecule has 0 saturated heterocycles. The van der Waals surface area contributed by atoms with Crippen LogP contribution >= 0.6 is 0 Å². The second-order valence-electron chi connectivity index (χ2n) is 10.9. The zero-order valence-electron chi connectivity index (χ0n) is 23.5. The molecule has 6 nitrogen and oxygen atoms in total. The number of hydrogen-bond donors (Lipinski definition) is 2. The average Bonchev–Trinajstić information content (AvgIpc) is 3.59. The minimum absolute atomic E-state index is 0.228. The van der Waals surface area contributed by atoms with Gasteiger partial charge in [0.05, 0.1) is 37.0 Å². The van der Waals surface area contributed by atoms with Crippen LogP contribution in [0.5, 0.6) is 11.5 Å². The van der Waals surface area contributed by atoms with E-state index in [1.807, 2.05) is 12.1 Å². The van der Waals surface area contributed by atoms with E-state index in [0.29, 0.717) is 0 Å². The van der Waals surface area contributed by atoms with Gasteiger partial charge in [0.25, 0.3) is 0 Å². The molecule has 4 heterocycles. The summed E-state index contributed by atoms with van der Waals surface area (Å²) in [4.78, 5) is 17.5. The molecule has 7 rings (SSSR count). The van der Waals surface area contributed by atoms with E-state index in [1.165, 1.54) is 38.9 Å². The van der Waals surface area contributed by atoms with E-state index >= 15 is 0 Å². The van der Waals surface area contributed by atoms with Crippen molar-refractivity contribution in [2.24, 2.45) is 15.9 Å². The maximum Gasteiger partial charge on any atom is 0.120 e. The largest absolute Gasteiger partial charge is 0.497 e. The summed E-state index contributed by atoms with van der Waals surface area (Å²) in [7, 11) is 3.42. The highest BCUT2D eigenvalue weighted by molar-refractivity contribution is 6.08. The third-order valence-corrected chi connectivity index (χ3v) is 8.40. The summed E-state index contributed by atoms with van der Waals surface area (Å²) in [6, 6.07) is 23.1. The predicted molar refractivity (Wildman–Crippen MR) is 168 cm³/mol. The van der Waals surface area contributed by atoms with Gasteiger partial charge in [-0.05, 0) is 72.6 Å². The van der Waals surface area contributed by atoms with Crippen molar-refractivity contribution >= 4 is 39.3 Å². The van der Waals surface area contributed by atoms with Gasteiger partial charge in [0.1, 0.15) is 11.5 Å². The molecule has 2 aromatic heterocycles. The average molecular weight is 543 g/mol. The van der Waals surface area contributed by atoms with Gasteiger partial charge in [-0.25, -0.2) is 0 Å². The van der Waals surface area contributed by atoms with Crippen LogP contribution in [0.4, 0.5) is 0 Å². The maximum atomic E-state index is 5.49. The van der Waals surface area contributed by atoms with Crippen LogP contribution < -0.4 is 9.47 Å². The second-order valence-corrected chi connectivity index (χ2v) is 10.9. The Morgan fingerprint density at radius 2 is 1.27 bits per heavy atom. The molecule has 0 bridgehead atoms. The summed E-state index contributed by atoms with van der Waals surface area (Å²) in [5.41, 5.74) is 10.8. The fourth-order valence-corrected chi connectivity index (χ4v) is 6.35. The van der Waals surface area contributed by atoms with Crippen LogP contribution in [0.3, 0.4) is 0 Å². The van der Waals surface area contributed by atoms with E-state index in [9.17, 15) is 0 Å². The van der Waals surface area contributed by atoms with E-state index in [2.05, 4.69) is 76.7 Å². The number of ether oxygens (including phenoxy) is 2. The lowest BCUT2D eigenvalue weighted by Gasteiger charge is -2.21. The SMILES string of the molecule is COc1ccc2c3c([nH]c2c1)C(CC(/C=C/c1ccccc1)CC1=NCCc2c1[nH]c1cc(OC)ccc21)=NCC3. The quantitative estimate of drug-likeness (QED) is 0.218. The van der Waals surface area contributed by atoms with Crippen LogP contribution in [0.25, 0.3) is 27.9 Å². The Morgan fingerprint density at radius 3 is 1.78 bits per heavy atom. The highest BCUT2D eigenvalue weighted by Crippen LogP contribution is 2.33. The first-order valence-electron chi connectivity index (χ1n) is 14.4. The molecule has 3 aromatic carbocycles. The van der Waals surface area contributed by atoms with Gasteiger partial charge in [0.2, 0.25) is 0 Å². The molecule has 0 unspecified atom stereocenters. The predicted octanol–water partition coefficient (Wildman–Crippen LogP) is 7.17. The summed E-state index contributed by atoms with van der Waals surface area (Å²) < 4.78 is 11.0. The summed E-state index contributed by atoms with van der Waals surface area (Å²) in [6.45, 7) is 1.62. The van der Waals surface area contributed by atoms with Gasteiger partial charge in [0, 0.05) is 47.0 Å². The van der Waals surface area contributed by atoms with Gasteiger partial charge in [-0.2, -0.15) is 0 Å². The molecule has 2 aliphatic rings. The number of allylic oxidation sites excluding steroid dienone is 1. The molecule has 206 valence electrons. The van der Waals surface area contributed by atoms with E-state index in [0.717, 1.165) is 72.7 Å². The molecular formula is C35H34N4O2. The number of nitrogens with zero attached hydrogens (tertiary/aromatic N) is 2. The third kappa shape index (κ3) is 4.84. The molecule has 0 fully saturated rings. The van der Waals surface area contributed by atoms with Crippen LogP contribution in [-0.4, -0.2) is 48.7 Å². The van der Waals surface area contributed by atoms with Crippen LogP contribution in [0.15, 0.2) is 82.8 Å². The van der Waals surface area contributed by atoms with Crippen molar-refractivity contribution in [2.75, 3.05) is 27.3 Å². The molecule has 0 saturated carbocycles. The van der Waals surface area contributed by atoms with Crippen molar-refractivity contribution in [3.05, 3.63) is 101 Å². The Kier molecular flexibility index (Phi) is 6.67. The van der Waals surface area contributed by atoms with Gasteiger partial charge in [-0.3, -0.25) is 9.98 Å². The number of rotatable bonds is 8. The van der Waals surface area contributed by atoms with Crippen LogP contribution in [-0.2, 0) is 12.8 Å². The summed E-state index contributed by atoms with van der Waals surface area (Å²) in [5, 5.41) is 2.53. The lowest BCUT2D eigenvalue weighted by Crippen LogP contribution is -2.20. The number of aliphatic imine (C=N–C) groups is 2. The molecule has 0 amide bonds. The van der Waals surface area contributed by atoms with Crippen LogP contribution in [0.1, 0.15) is 40.9 Å². The molecule has 6 heteroatoms. The Balaban J connectivity index is 1.23. The number of nitrogens with one attached hydrogen (secondary N) is 2. The van der Waals surface area contributed by atoms with Crippen molar-refractivity contribution < 1.29 is 9.47 Å². The fourth-order valence-electron chi connectivity index (χ4n) is 6.35. The highest BCUT2D eigenvalue weighted by atomic mass is 16.5. The molecule has 41 heavy (non-hydrogen) atoms. The number of hydrogen-bond acceptors (Lipinski definition) is 4. The van der Waals surface area contributed by atoms with Crippen molar-refractivity contribution in [2.45, 2.75) is 25.7 Å². The Labute approximate surface area is 239 Å². The monoisotopic (exact) mass is 542 g/mol. The second kappa shape index (κ2) is 10.8. The molecule has 0 atom stereocenters.